The highest BCUT2D eigenvalue weighted by molar-refractivity contribution is 9.10. The molecule has 2 heterocycles. The van der Waals surface area contributed by atoms with E-state index in [4.69, 9.17) is 9.05 Å². The maximum Gasteiger partial charge on any atom is 0.416 e. The van der Waals surface area contributed by atoms with Gasteiger partial charge in [-0.3, -0.25) is 0 Å². The van der Waals surface area contributed by atoms with Gasteiger partial charge < -0.3 is 9.05 Å². The lowest BCUT2D eigenvalue weighted by atomic mass is 10.00. The Bertz CT molecular complexity index is 1470. The van der Waals surface area contributed by atoms with Crippen molar-refractivity contribution >= 4 is 31.9 Å². The van der Waals surface area contributed by atoms with Gasteiger partial charge in [0, 0.05) is 44.7 Å². The Balaban J connectivity index is 0.000000168. The van der Waals surface area contributed by atoms with Gasteiger partial charge in [0.05, 0.1) is 22.5 Å². The van der Waals surface area contributed by atoms with Gasteiger partial charge in [-0.2, -0.15) is 26.3 Å². The third kappa shape index (κ3) is 7.12. The second-order valence-corrected chi connectivity index (χ2v) is 12.4. The molecule has 0 bridgehead atoms. The number of benzene rings is 2. The highest BCUT2D eigenvalue weighted by Gasteiger charge is 2.34. The van der Waals surface area contributed by atoms with E-state index in [1.54, 1.807) is 6.92 Å². The van der Waals surface area contributed by atoms with Crippen molar-refractivity contribution in [1.29, 1.82) is 0 Å². The molecule has 0 saturated heterocycles. The van der Waals surface area contributed by atoms with Crippen LogP contribution in [0.4, 0.5) is 26.3 Å². The van der Waals surface area contributed by atoms with E-state index in [0.717, 1.165) is 66.1 Å². The molecule has 2 aromatic heterocycles. The summed E-state index contributed by atoms with van der Waals surface area (Å²) >= 11 is 6.65. The first-order chi connectivity index (χ1) is 19.7. The van der Waals surface area contributed by atoms with Gasteiger partial charge in [0.1, 0.15) is 11.5 Å². The van der Waals surface area contributed by atoms with Gasteiger partial charge in [-0.15, -0.1) is 0 Å². The highest BCUT2D eigenvalue weighted by atomic mass is 79.9. The Hall–Kier alpha value is -2.60. The summed E-state index contributed by atoms with van der Waals surface area (Å²) in [6, 6.07) is 7.42. The summed E-state index contributed by atoms with van der Waals surface area (Å²) in [6.45, 7) is 3.63. The van der Waals surface area contributed by atoms with Crippen molar-refractivity contribution in [1.82, 2.24) is 10.3 Å². The van der Waals surface area contributed by atoms with E-state index < -0.39 is 23.5 Å². The predicted molar refractivity (Wildman–Crippen MR) is 150 cm³/mol. The molecule has 6 rings (SSSR count). The normalized spacial score (nSPS) is 15.5. The lowest BCUT2D eigenvalue weighted by molar-refractivity contribution is -0.138. The fourth-order valence-corrected chi connectivity index (χ4v) is 5.52. The van der Waals surface area contributed by atoms with E-state index in [2.05, 4.69) is 42.2 Å². The molecule has 0 amide bonds. The number of alkyl halides is 6. The Morgan fingerprint density at radius 3 is 1.69 bits per heavy atom. The first kappa shape index (κ1) is 30.8. The van der Waals surface area contributed by atoms with Crippen LogP contribution in [-0.2, 0) is 25.2 Å². The molecule has 2 saturated carbocycles. The molecule has 0 radical (unpaired) electrons. The molecule has 0 spiro atoms. The summed E-state index contributed by atoms with van der Waals surface area (Å²) in [5, 5.41) is 8.02. The zero-order valence-corrected chi connectivity index (χ0v) is 25.8. The van der Waals surface area contributed by atoms with E-state index in [-0.39, 0.29) is 0 Å². The van der Waals surface area contributed by atoms with Crippen molar-refractivity contribution in [2.45, 2.75) is 76.6 Å². The lowest BCUT2D eigenvalue weighted by Crippen LogP contribution is -2.06. The first-order valence-corrected chi connectivity index (χ1v) is 14.9. The van der Waals surface area contributed by atoms with Crippen LogP contribution in [0.1, 0.15) is 93.8 Å². The van der Waals surface area contributed by atoms with E-state index in [9.17, 15) is 26.3 Å². The van der Waals surface area contributed by atoms with Crippen molar-refractivity contribution in [3.63, 3.8) is 0 Å². The fraction of sp³-hybridized carbons (Fsp3) is 0.400. The zero-order valence-electron chi connectivity index (χ0n) is 22.6. The van der Waals surface area contributed by atoms with Crippen LogP contribution in [0.5, 0.6) is 0 Å². The van der Waals surface area contributed by atoms with Gasteiger partial charge in [-0.1, -0.05) is 42.2 Å². The number of rotatable bonds is 6. The average Bonchev–Trinajstić information content (AvgIpc) is 3.84. The smallest absolute Gasteiger partial charge is 0.361 e. The molecule has 12 heteroatoms. The Morgan fingerprint density at radius 2 is 1.21 bits per heavy atom. The summed E-state index contributed by atoms with van der Waals surface area (Å²) < 4.78 is 88.9. The molecule has 224 valence electrons. The quantitative estimate of drug-likeness (QED) is 0.186. The van der Waals surface area contributed by atoms with Crippen LogP contribution < -0.4 is 0 Å². The summed E-state index contributed by atoms with van der Waals surface area (Å²) in [4.78, 5) is 0. The SMILES string of the molecule is Cc1noc(C2CC2)c1Cc1cc(C(F)(F)F)ccc1Br.Cc1onc(C2CC2)c1Cc1cc(C(F)(F)F)ccc1Br. The van der Waals surface area contributed by atoms with E-state index in [0.29, 0.717) is 50.5 Å². The predicted octanol–water partition coefficient (Wildman–Crippen LogP) is 10.5. The molecule has 4 nitrogen and oxygen atoms in total. The molecule has 4 aromatic rings. The van der Waals surface area contributed by atoms with Gasteiger partial charge in [0.15, 0.2) is 0 Å². The zero-order chi connectivity index (χ0) is 30.4. The Labute approximate surface area is 255 Å². The van der Waals surface area contributed by atoms with Crippen molar-refractivity contribution in [2.24, 2.45) is 0 Å². The van der Waals surface area contributed by atoms with Crippen LogP contribution in [0, 0.1) is 13.8 Å². The first-order valence-electron chi connectivity index (χ1n) is 13.3. The van der Waals surface area contributed by atoms with Crippen molar-refractivity contribution < 1.29 is 35.4 Å². The Morgan fingerprint density at radius 1 is 0.714 bits per heavy atom. The minimum Gasteiger partial charge on any atom is -0.361 e. The number of aromatic nitrogens is 2. The summed E-state index contributed by atoms with van der Waals surface area (Å²) in [7, 11) is 0. The summed E-state index contributed by atoms with van der Waals surface area (Å²) in [6.07, 6.45) is -3.61. The van der Waals surface area contributed by atoms with Crippen LogP contribution >= 0.6 is 31.9 Å². The molecule has 2 aromatic carbocycles. The molecule has 0 atom stereocenters. The number of aryl methyl sites for hydroxylation is 2. The van der Waals surface area contributed by atoms with Gasteiger partial charge in [-0.05, 0) is 87.1 Å². The standard InChI is InChI=1S/2C15H13BrF3NO/c1-8-12(14(20-21-8)9-2-3-9)7-10-6-11(15(17,18)19)4-5-13(10)16;1-8-12(14(21-20-8)9-2-3-9)7-10-6-11(15(17,18)19)4-5-13(10)16/h2*4-6,9H,2-3,7H2,1H3. The lowest BCUT2D eigenvalue weighted by Gasteiger charge is -2.11. The van der Waals surface area contributed by atoms with E-state index in [1.807, 2.05) is 6.92 Å². The summed E-state index contributed by atoms with van der Waals surface area (Å²) in [5.74, 6) is 2.30. The highest BCUT2D eigenvalue weighted by Crippen LogP contribution is 2.44. The summed E-state index contributed by atoms with van der Waals surface area (Å²) in [5.41, 5.74) is 3.40. The molecular weight excluding hydrogens is 694 g/mol. The third-order valence-corrected chi connectivity index (χ3v) is 8.97. The van der Waals surface area contributed by atoms with Crippen LogP contribution in [-0.4, -0.2) is 10.3 Å². The van der Waals surface area contributed by atoms with Crippen molar-refractivity contribution in [3.05, 3.63) is 102 Å². The number of halogens is 8. The maximum atomic E-state index is 12.8. The average molecular weight is 720 g/mol. The second kappa shape index (κ2) is 11.8. The van der Waals surface area contributed by atoms with Crippen LogP contribution in [0.2, 0.25) is 0 Å². The molecule has 2 aliphatic carbocycles. The van der Waals surface area contributed by atoms with Gasteiger partial charge in [-0.25, -0.2) is 0 Å². The van der Waals surface area contributed by atoms with Gasteiger partial charge in [0.25, 0.3) is 0 Å². The number of hydrogen-bond acceptors (Lipinski definition) is 4. The minimum atomic E-state index is -4.33. The maximum absolute atomic E-state index is 12.8. The largest absolute Gasteiger partial charge is 0.416 e. The van der Waals surface area contributed by atoms with Gasteiger partial charge in [0.2, 0.25) is 0 Å². The topological polar surface area (TPSA) is 52.1 Å². The van der Waals surface area contributed by atoms with E-state index >= 15 is 0 Å². The van der Waals surface area contributed by atoms with Crippen LogP contribution in [0.25, 0.3) is 0 Å². The number of nitrogens with zero attached hydrogens (tertiary/aromatic N) is 2. The molecule has 42 heavy (non-hydrogen) atoms. The molecule has 2 aliphatic rings. The van der Waals surface area contributed by atoms with E-state index in [1.165, 1.54) is 24.3 Å². The minimum absolute atomic E-state index is 0.380. The molecule has 2 fully saturated rings. The second-order valence-electron chi connectivity index (χ2n) is 10.7. The Kier molecular flexibility index (Phi) is 8.68. The van der Waals surface area contributed by atoms with Crippen molar-refractivity contribution in [3.8, 4) is 0 Å². The van der Waals surface area contributed by atoms with Gasteiger partial charge >= 0.3 is 12.4 Å². The number of hydrogen-bond donors (Lipinski definition) is 0. The third-order valence-electron chi connectivity index (χ3n) is 7.42. The molecule has 0 N–H and O–H groups in total. The van der Waals surface area contributed by atoms with Crippen LogP contribution in [0.3, 0.4) is 0 Å². The molecule has 0 aliphatic heterocycles. The van der Waals surface area contributed by atoms with Crippen molar-refractivity contribution in [2.75, 3.05) is 0 Å². The molecule has 0 unspecified atom stereocenters. The van der Waals surface area contributed by atoms with Crippen LogP contribution in [0.15, 0.2) is 54.4 Å². The molecular formula is C30H26Br2F6N2O2. The fourth-order valence-electron chi connectivity index (χ4n) is 4.74. The monoisotopic (exact) mass is 718 g/mol.